The summed E-state index contributed by atoms with van der Waals surface area (Å²) < 4.78 is 20.7. The van der Waals surface area contributed by atoms with E-state index in [2.05, 4.69) is 10.6 Å². The van der Waals surface area contributed by atoms with Crippen LogP contribution in [0.3, 0.4) is 0 Å². The number of hydrogen-bond acceptors (Lipinski definition) is 7. The lowest BCUT2D eigenvalue weighted by Gasteiger charge is -2.15. The van der Waals surface area contributed by atoms with Gasteiger partial charge in [-0.15, -0.1) is 0 Å². The van der Waals surface area contributed by atoms with Gasteiger partial charge in [-0.05, 0) is 25.0 Å². The van der Waals surface area contributed by atoms with Crippen LogP contribution in [-0.2, 0) is 9.53 Å². The third-order valence-corrected chi connectivity index (χ3v) is 4.79. The molecular weight excluding hydrogens is 392 g/mol. The fraction of sp³-hybridized carbons (Fsp3) is 0.381. The Bertz CT molecular complexity index is 902. The number of benzene rings is 1. The number of carbonyl (C=O) groups is 3. The van der Waals surface area contributed by atoms with E-state index in [0.717, 1.165) is 25.7 Å². The van der Waals surface area contributed by atoms with Gasteiger partial charge in [-0.3, -0.25) is 9.59 Å². The van der Waals surface area contributed by atoms with Crippen LogP contribution in [0, 0.1) is 0 Å². The monoisotopic (exact) mass is 416 g/mol. The summed E-state index contributed by atoms with van der Waals surface area (Å²) in [5.41, 5.74) is 0.150. The number of amides is 2. The standard InChI is InChI=1S/C21H24N2O7/c1-27-17-10-14(21(26)30-12-19(24)22-13-6-3-4-7-13)15(11-18(17)28-2)23-20(25)16-8-5-9-29-16/h5,8-11,13H,3-4,6-7,12H2,1-2H3,(H,22,24)(H,23,25). The maximum absolute atomic E-state index is 12.7. The quantitative estimate of drug-likeness (QED) is 0.636. The lowest BCUT2D eigenvalue weighted by atomic mass is 10.1. The zero-order valence-electron chi connectivity index (χ0n) is 16.9. The fourth-order valence-electron chi connectivity index (χ4n) is 3.29. The molecule has 0 bridgehead atoms. The number of furan rings is 1. The molecule has 0 atom stereocenters. The molecule has 30 heavy (non-hydrogen) atoms. The predicted molar refractivity (Wildman–Crippen MR) is 107 cm³/mol. The Kier molecular flexibility index (Phi) is 6.95. The summed E-state index contributed by atoms with van der Waals surface area (Å²) in [5, 5.41) is 5.45. The second-order valence-electron chi connectivity index (χ2n) is 6.81. The van der Waals surface area contributed by atoms with Gasteiger partial charge in [-0.2, -0.15) is 0 Å². The number of esters is 1. The molecule has 3 rings (SSSR count). The van der Waals surface area contributed by atoms with Crippen molar-refractivity contribution in [3.05, 3.63) is 41.9 Å². The van der Waals surface area contributed by atoms with Gasteiger partial charge in [0.25, 0.3) is 11.8 Å². The molecule has 0 aliphatic heterocycles. The maximum atomic E-state index is 12.7. The van der Waals surface area contributed by atoms with E-state index in [1.54, 1.807) is 6.07 Å². The van der Waals surface area contributed by atoms with Crippen LogP contribution in [0.1, 0.15) is 46.6 Å². The topological polar surface area (TPSA) is 116 Å². The fourth-order valence-corrected chi connectivity index (χ4v) is 3.29. The molecule has 2 aromatic rings. The Labute approximate surface area is 173 Å². The van der Waals surface area contributed by atoms with Crippen molar-refractivity contribution in [3.63, 3.8) is 0 Å². The molecule has 9 nitrogen and oxygen atoms in total. The minimum absolute atomic E-state index is 0.0150. The van der Waals surface area contributed by atoms with Crippen LogP contribution in [0.4, 0.5) is 5.69 Å². The molecule has 1 saturated carbocycles. The Morgan fingerprint density at radius 1 is 1.10 bits per heavy atom. The van der Waals surface area contributed by atoms with E-state index in [0.29, 0.717) is 5.75 Å². The third-order valence-electron chi connectivity index (χ3n) is 4.79. The molecule has 1 aliphatic carbocycles. The van der Waals surface area contributed by atoms with Gasteiger partial charge in [0.15, 0.2) is 23.9 Å². The SMILES string of the molecule is COc1cc(NC(=O)c2ccco2)c(C(=O)OCC(=O)NC2CCCC2)cc1OC. The minimum Gasteiger partial charge on any atom is -0.493 e. The van der Waals surface area contributed by atoms with Crippen molar-refractivity contribution in [1.29, 1.82) is 0 Å². The molecule has 1 aromatic heterocycles. The Morgan fingerprint density at radius 3 is 2.43 bits per heavy atom. The van der Waals surface area contributed by atoms with Crippen LogP contribution in [0.25, 0.3) is 0 Å². The molecule has 1 heterocycles. The number of nitrogens with one attached hydrogen (secondary N) is 2. The van der Waals surface area contributed by atoms with E-state index in [9.17, 15) is 14.4 Å². The van der Waals surface area contributed by atoms with Gasteiger partial charge in [0, 0.05) is 18.2 Å². The molecule has 2 N–H and O–H groups in total. The summed E-state index contributed by atoms with van der Waals surface area (Å²) >= 11 is 0. The second kappa shape index (κ2) is 9.82. The lowest BCUT2D eigenvalue weighted by molar-refractivity contribution is -0.124. The van der Waals surface area contributed by atoms with Crippen molar-refractivity contribution in [2.24, 2.45) is 0 Å². The van der Waals surface area contributed by atoms with E-state index in [1.165, 1.54) is 38.7 Å². The van der Waals surface area contributed by atoms with Crippen molar-refractivity contribution in [2.75, 3.05) is 26.1 Å². The first kappa shape index (κ1) is 21.2. The highest BCUT2D eigenvalue weighted by atomic mass is 16.5. The highest BCUT2D eigenvalue weighted by Gasteiger charge is 2.23. The number of carbonyl (C=O) groups excluding carboxylic acids is 3. The number of ether oxygens (including phenoxy) is 3. The Morgan fingerprint density at radius 2 is 1.80 bits per heavy atom. The highest BCUT2D eigenvalue weighted by Crippen LogP contribution is 2.34. The number of methoxy groups -OCH3 is 2. The van der Waals surface area contributed by atoms with Crippen LogP contribution < -0.4 is 20.1 Å². The molecule has 1 aliphatic rings. The zero-order chi connectivity index (χ0) is 21.5. The van der Waals surface area contributed by atoms with E-state index in [1.807, 2.05) is 0 Å². The third kappa shape index (κ3) is 5.11. The first-order valence-corrected chi connectivity index (χ1v) is 9.59. The molecule has 2 amide bonds. The van der Waals surface area contributed by atoms with Crippen LogP contribution >= 0.6 is 0 Å². The summed E-state index contributed by atoms with van der Waals surface area (Å²) in [7, 11) is 2.85. The van der Waals surface area contributed by atoms with Gasteiger partial charge in [0.2, 0.25) is 0 Å². The van der Waals surface area contributed by atoms with Gasteiger partial charge in [-0.25, -0.2) is 4.79 Å². The number of rotatable bonds is 8. The average Bonchev–Trinajstić information content (AvgIpc) is 3.46. The predicted octanol–water partition coefficient (Wildman–Crippen LogP) is 2.76. The van der Waals surface area contributed by atoms with Crippen molar-refractivity contribution < 1.29 is 33.0 Å². The van der Waals surface area contributed by atoms with Crippen LogP contribution in [0.15, 0.2) is 34.9 Å². The van der Waals surface area contributed by atoms with Gasteiger partial charge in [-0.1, -0.05) is 12.8 Å². The smallest absolute Gasteiger partial charge is 0.340 e. The number of hydrogen-bond donors (Lipinski definition) is 2. The molecule has 0 radical (unpaired) electrons. The maximum Gasteiger partial charge on any atom is 0.340 e. The zero-order valence-corrected chi connectivity index (χ0v) is 16.9. The van der Waals surface area contributed by atoms with Gasteiger partial charge in [0.05, 0.1) is 31.7 Å². The summed E-state index contributed by atoms with van der Waals surface area (Å²) in [6, 6.07) is 6.01. The molecule has 0 spiro atoms. The number of anilines is 1. The van der Waals surface area contributed by atoms with Gasteiger partial charge < -0.3 is 29.3 Å². The molecule has 160 valence electrons. The van der Waals surface area contributed by atoms with Crippen molar-refractivity contribution in [3.8, 4) is 11.5 Å². The Balaban J connectivity index is 1.75. The minimum atomic E-state index is -0.785. The van der Waals surface area contributed by atoms with Crippen molar-refractivity contribution in [1.82, 2.24) is 5.32 Å². The molecular formula is C21H24N2O7. The molecule has 9 heteroatoms. The van der Waals surface area contributed by atoms with Crippen molar-refractivity contribution in [2.45, 2.75) is 31.7 Å². The van der Waals surface area contributed by atoms with E-state index in [4.69, 9.17) is 18.6 Å². The summed E-state index contributed by atoms with van der Waals surface area (Å²) in [6.45, 7) is -0.421. The first-order valence-electron chi connectivity index (χ1n) is 9.59. The summed E-state index contributed by atoms with van der Waals surface area (Å²) in [4.78, 5) is 37.1. The van der Waals surface area contributed by atoms with Crippen molar-refractivity contribution >= 4 is 23.5 Å². The highest BCUT2D eigenvalue weighted by molar-refractivity contribution is 6.07. The van der Waals surface area contributed by atoms with E-state index >= 15 is 0 Å². The van der Waals surface area contributed by atoms with Crippen LogP contribution in [-0.4, -0.2) is 44.7 Å². The second-order valence-corrected chi connectivity index (χ2v) is 6.81. The van der Waals surface area contributed by atoms with E-state index in [-0.39, 0.29) is 34.7 Å². The summed E-state index contributed by atoms with van der Waals surface area (Å²) in [6.07, 6.45) is 5.38. The van der Waals surface area contributed by atoms with Gasteiger partial charge in [0.1, 0.15) is 0 Å². The van der Waals surface area contributed by atoms with Crippen LogP contribution in [0.5, 0.6) is 11.5 Å². The average molecular weight is 416 g/mol. The molecule has 1 fully saturated rings. The normalized spacial score (nSPS) is 13.5. The van der Waals surface area contributed by atoms with Gasteiger partial charge >= 0.3 is 5.97 Å². The molecule has 1 aromatic carbocycles. The summed E-state index contributed by atoms with van der Waals surface area (Å²) in [5.74, 6) is -1.05. The Hall–Kier alpha value is -3.49. The first-order chi connectivity index (χ1) is 14.5. The lowest BCUT2D eigenvalue weighted by Crippen LogP contribution is -2.36. The molecule has 0 saturated heterocycles. The van der Waals surface area contributed by atoms with E-state index < -0.39 is 18.5 Å². The van der Waals surface area contributed by atoms with Crippen LogP contribution in [0.2, 0.25) is 0 Å². The largest absolute Gasteiger partial charge is 0.493 e. The molecule has 0 unspecified atom stereocenters.